The van der Waals surface area contributed by atoms with Crippen LogP contribution in [0.1, 0.15) is 62.4 Å². The van der Waals surface area contributed by atoms with Gasteiger partial charge in [-0.25, -0.2) is 4.79 Å². The van der Waals surface area contributed by atoms with Gasteiger partial charge in [0.05, 0.1) is 6.04 Å². The zero-order valence-corrected chi connectivity index (χ0v) is 15.7. The Morgan fingerprint density at radius 1 is 1.29 bits per heavy atom. The molecule has 2 aliphatic rings. The summed E-state index contributed by atoms with van der Waals surface area (Å²) in [5.74, 6) is 0. The number of carboxylic acid groups (broad SMARTS) is 1. The van der Waals surface area contributed by atoms with Gasteiger partial charge >= 0.3 is 6.09 Å². The van der Waals surface area contributed by atoms with E-state index < -0.39 is 6.09 Å². The maximum atomic E-state index is 11.7. The lowest BCUT2D eigenvalue weighted by molar-refractivity contribution is 0.112. The van der Waals surface area contributed by atoms with Gasteiger partial charge in [0.2, 0.25) is 0 Å². The molecule has 1 fully saturated rings. The number of fused-ring (bicyclic) bond motifs is 1. The Kier molecular flexibility index (Phi) is 4.56. The Labute approximate surface area is 149 Å². The fraction of sp³-hybridized carbons (Fsp3) is 0.632. The summed E-state index contributed by atoms with van der Waals surface area (Å²) >= 11 is 6.41. The molecule has 0 aromatic heterocycles. The average Bonchev–Trinajstić information content (AvgIpc) is 2.94. The van der Waals surface area contributed by atoms with Crippen LogP contribution in [-0.2, 0) is 6.42 Å². The predicted molar refractivity (Wildman–Crippen MR) is 96.7 cm³/mol. The Morgan fingerprint density at radius 2 is 2.00 bits per heavy atom. The van der Waals surface area contributed by atoms with Crippen LogP contribution >= 0.6 is 11.6 Å². The van der Waals surface area contributed by atoms with E-state index in [1.54, 1.807) is 4.90 Å². The first-order chi connectivity index (χ1) is 11.2. The number of benzene rings is 1. The highest BCUT2D eigenvalue weighted by atomic mass is 35.5. The molecule has 4 nitrogen and oxygen atoms in total. The summed E-state index contributed by atoms with van der Waals surface area (Å²) in [4.78, 5) is 15.6. The van der Waals surface area contributed by atoms with Crippen molar-refractivity contribution in [3.8, 4) is 0 Å². The Hall–Kier alpha value is -1.26. The molecule has 0 radical (unpaired) electrons. The Morgan fingerprint density at radius 3 is 2.62 bits per heavy atom. The van der Waals surface area contributed by atoms with Crippen LogP contribution in [0.25, 0.3) is 0 Å². The molecule has 1 saturated heterocycles. The second-order valence-electron chi connectivity index (χ2n) is 8.20. The normalized spacial score (nSPS) is 25.0. The summed E-state index contributed by atoms with van der Waals surface area (Å²) in [6, 6.07) is 4.27. The molecule has 0 bridgehead atoms. The highest BCUT2D eigenvalue weighted by Gasteiger charge is 2.40. The van der Waals surface area contributed by atoms with E-state index in [1.807, 2.05) is 6.07 Å². The summed E-state index contributed by atoms with van der Waals surface area (Å²) < 4.78 is 0. The van der Waals surface area contributed by atoms with E-state index >= 15 is 0 Å². The van der Waals surface area contributed by atoms with Crippen molar-refractivity contribution in [2.45, 2.75) is 52.1 Å². The highest BCUT2D eigenvalue weighted by molar-refractivity contribution is 6.30. The highest BCUT2D eigenvalue weighted by Crippen LogP contribution is 2.47. The molecule has 0 aliphatic carbocycles. The van der Waals surface area contributed by atoms with E-state index in [-0.39, 0.29) is 17.5 Å². The maximum absolute atomic E-state index is 11.7. The number of halogens is 1. The third-order valence-electron chi connectivity index (χ3n) is 5.39. The van der Waals surface area contributed by atoms with Crippen LogP contribution in [0.3, 0.4) is 0 Å². The minimum atomic E-state index is -0.831. The minimum Gasteiger partial charge on any atom is -0.465 e. The van der Waals surface area contributed by atoms with Crippen LogP contribution < -0.4 is 0 Å². The van der Waals surface area contributed by atoms with Gasteiger partial charge in [-0.05, 0) is 60.5 Å². The van der Waals surface area contributed by atoms with Crippen LogP contribution in [0, 0.1) is 5.41 Å². The fourth-order valence-corrected chi connectivity index (χ4v) is 4.82. The van der Waals surface area contributed by atoms with Gasteiger partial charge in [0.25, 0.3) is 0 Å². The number of likely N-dealkylation sites (N-methyl/N-ethyl adjacent to an activating group) is 1. The molecule has 1 aromatic rings. The first-order valence-corrected chi connectivity index (χ1v) is 9.10. The molecule has 1 amide bonds. The second kappa shape index (κ2) is 6.23. The van der Waals surface area contributed by atoms with Crippen molar-refractivity contribution in [3.05, 3.63) is 33.8 Å². The van der Waals surface area contributed by atoms with Gasteiger partial charge in [-0.15, -0.1) is 0 Å². The van der Waals surface area contributed by atoms with E-state index in [2.05, 4.69) is 38.8 Å². The van der Waals surface area contributed by atoms with Crippen molar-refractivity contribution in [3.63, 3.8) is 0 Å². The van der Waals surface area contributed by atoms with E-state index in [0.717, 1.165) is 36.4 Å². The second-order valence-corrected chi connectivity index (χ2v) is 8.64. The van der Waals surface area contributed by atoms with E-state index in [0.29, 0.717) is 6.54 Å². The number of hydrogen-bond acceptors (Lipinski definition) is 2. The van der Waals surface area contributed by atoms with Crippen molar-refractivity contribution in [1.29, 1.82) is 0 Å². The molecule has 3 rings (SSSR count). The largest absolute Gasteiger partial charge is 0.465 e. The molecule has 0 saturated carbocycles. The standard InChI is InChI=1S/C19H27ClN2O2/c1-19(2,3)17-16-12(7-9-21(17)4)10-13(20)11-14(16)15-6-5-8-22(15)18(23)24/h10-11,15,17H,5-9H2,1-4H3,(H,23,24). The molecule has 24 heavy (non-hydrogen) atoms. The quantitative estimate of drug-likeness (QED) is 0.796. The first-order valence-electron chi connectivity index (χ1n) is 8.72. The number of nitrogens with zero attached hydrogens (tertiary/aromatic N) is 2. The summed E-state index contributed by atoms with van der Waals surface area (Å²) in [6.07, 6.45) is 1.92. The van der Waals surface area contributed by atoms with Gasteiger partial charge in [0.15, 0.2) is 0 Å². The minimum absolute atomic E-state index is 0.0686. The summed E-state index contributed by atoms with van der Waals surface area (Å²) in [7, 11) is 2.17. The fourth-order valence-electron chi connectivity index (χ4n) is 4.57. The molecule has 1 aromatic carbocycles. The van der Waals surface area contributed by atoms with Crippen molar-refractivity contribution in [1.82, 2.24) is 9.80 Å². The predicted octanol–water partition coefficient (Wildman–Crippen LogP) is 4.73. The molecule has 2 atom stereocenters. The number of likely N-dealkylation sites (tertiary alicyclic amines) is 1. The Balaban J connectivity index is 2.17. The summed E-state index contributed by atoms with van der Waals surface area (Å²) in [6.45, 7) is 8.38. The lowest BCUT2D eigenvalue weighted by Gasteiger charge is -2.44. The molecule has 1 N–H and O–H groups in total. The zero-order chi connectivity index (χ0) is 17.6. The first kappa shape index (κ1) is 17.6. The van der Waals surface area contributed by atoms with Crippen LogP contribution in [0.5, 0.6) is 0 Å². The number of hydrogen-bond donors (Lipinski definition) is 1. The van der Waals surface area contributed by atoms with E-state index in [9.17, 15) is 9.90 Å². The van der Waals surface area contributed by atoms with Crippen LogP contribution in [0.4, 0.5) is 4.79 Å². The van der Waals surface area contributed by atoms with Crippen LogP contribution in [-0.4, -0.2) is 41.1 Å². The van der Waals surface area contributed by atoms with E-state index in [1.165, 1.54) is 11.1 Å². The zero-order valence-electron chi connectivity index (χ0n) is 15.0. The maximum Gasteiger partial charge on any atom is 0.407 e. The van der Waals surface area contributed by atoms with Gasteiger partial charge < -0.3 is 10.0 Å². The number of amides is 1. The molecule has 0 spiro atoms. The van der Waals surface area contributed by atoms with Gasteiger partial charge in [-0.2, -0.15) is 0 Å². The van der Waals surface area contributed by atoms with Gasteiger partial charge in [-0.1, -0.05) is 32.4 Å². The molecular weight excluding hydrogens is 324 g/mol. The SMILES string of the molecule is CN1CCc2cc(Cl)cc(C3CCCN3C(=O)O)c2C1C(C)(C)C. The van der Waals surface area contributed by atoms with Gasteiger partial charge in [-0.3, -0.25) is 4.90 Å². The number of rotatable bonds is 1. The third-order valence-corrected chi connectivity index (χ3v) is 5.61. The van der Waals surface area contributed by atoms with E-state index in [4.69, 9.17) is 11.6 Å². The molecule has 2 unspecified atom stereocenters. The lowest BCUT2D eigenvalue weighted by atomic mass is 9.74. The molecule has 5 heteroatoms. The summed E-state index contributed by atoms with van der Waals surface area (Å²) in [5, 5.41) is 10.3. The van der Waals surface area contributed by atoms with Crippen molar-refractivity contribution >= 4 is 17.7 Å². The van der Waals surface area contributed by atoms with Crippen LogP contribution in [0.2, 0.25) is 5.02 Å². The molecule has 132 valence electrons. The molecule has 2 heterocycles. The van der Waals surface area contributed by atoms with Crippen LogP contribution in [0.15, 0.2) is 12.1 Å². The summed E-state index contributed by atoms with van der Waals surface area (Å²) in [5.41, 5.74) is 3.77. The Bertz CT molecular complexity index is 654. The number of carbonyl (C=O) groups is 1. The lowest BCUT2D eigenvalue weighted by Crippen LogP contribution is -2.41. The third kappa shape index (κ3) is 3.02. The molecule has 2 aliphatic heterocycles. The topological polar surface area (TPSA) is 43.8 Å². The van der Waals surface area contributed by atoms with Crippen molar-refractivity contribution in [2.75, 3.05) is 20.1 Å². The van der Waals surface area contributed by atoms with Crippen molar-refractivity contribution < 1.29 is 9.90 Å². The monoisotopic (exact) mass is 350 g/mol. The smallest absolute Gasteiger partial charge is 0.407 e. The molecular formula is C19H27ClN2O2. The van der Waals surface area contributed by atoms with Gasteiger partial charge in [0, 0.05) is 24.2 Å². The van der Waals surface area contributed by atoms with Crippen molar-refractivity contribution in [2.24, 2.45) is 5.41 Å². The average molecular weight is 351 g/mol. The van der Waals surface area contributed by atoms with Gasteiger partial charge in [0.1, 0.15) is 0 Å².